The average molecular weight is 191 g/mol. The molecule has 0 saturated carbocycles. The van der Waals surface area contributed by atoms with Gasteiger partial charge in [0.05, 0.1) is 6.61 Å². The highest BCUT2D eigenvalue weighted by molar-refractivity contribution is 5.22. The molecule has 0 unspecified atom stereocenters. The Morgan fingerprint density at radius 3 is 2.36 bits per heavy atom. The first-order valence-electron chi connectivity index (χ1n) is 5.16. The molecular weight excluding hydrogens is 174 g/mol. The Labute approximate surface area is 85.3 Å². The third-order valence-electron chi connectivity index (χ3n) is 2.72. The van der Waals surface area contributed by atoms with Crippen LogP contribution in [-0.2, 0) is 17.8 Å². The first-order chi connectivity index (χ1) is 6.88. The van der Waals surface area contributed by atoms with Crippen molar-refractivity contribution < 1.29 is 4.74 Å². The molecule has 76 valence electrons. The van der Waals surface area contributed by atoms with Gasteiger partial charge in [-0.3, -0.25) is 0 Å². The fourth-order valence-corrected chi connectivity index (χ4v) is 1.76. The molecule has 1 fully saturated rings. The summed E-state index contributed by atoms with van der Waals surface area (Å²) in [5.74, 6) is 0.850. The van der Waals surface area contributed by atoms with Crippen LogP contribution in [0.3, 0.4) is 0 Å². The number of methoxy groups -OCH3 is 1. The van der Waals surface area contributed by atoms with Crippen molar-refractivity contribution in [3.63, 3.8) is 0 Å². The van der Waals surface area contributed by atoms with Crippen LogP contribution >= 0.6 is 0 Å². The van der Waals surface area contributed by atoms with Crippen molar-refractivity contribution in [2.45, 2.75) is 13.0 Å². The van der Waals surface area contributed by atoms with Crippen LogP contribution in [0.5, 0.6) is 0 Å². The van der Waals surface area contributed by atoms with Crippen molar-refractivity contribution in [3.8, 4) is 0 Å². The van der Waals surface area contributed by atoms with Crippen molar-refractivity contribution in [1.82, 2.24) is 5.32 Å². The van der Waals surface area contributed by atoms with Crippen molar-refractivity contribution in [3.05, 3.63) is 35.4 Å². The van der Waals surface area contributed by atoms with Gasteiger partial charge in [0.2, 0.25) is 0 Å². The van der Waals surface area contributed by atoms with Gasteiger partial charge >= 0.3 is 0 Å². The molecule has 1 N–H and O–H groups in total. The summed E-state index contributed by atoms with van der Waals surface area (Å²) in [5, 5.41) is 3.29. The average Bonchev–Trinajstić information content (AvgIpc) is 2.14. The number of benzene rings is 1. The predicted octanol–water partition coefficient (Wildman–Crippen LogP) is 1.59. The maximum atomic E-state index is 5.07. The molecule has 2 nitrogen and oxygen atoms in total. The topological polar surface area (TPSA) is 21.3 Å². The summed E-state index contributed by atoms with van der Waals surface area (Å²) in [6.07, 6.45) is 1.21. The normalized spacial score (nSPS) is 16.6. The molecule has 1 aromatic rings. The standard InChI is InChI=1S/C12H17NO/c1-14-9-11-4-2-10(3-5-11)6-12-7-13-8-12/h2-5,12-13H,6-9H2,1H3. The summed E-state index contributed by atoms with van der Waals surface area (Å²) >= 11 is 0. The number of nitrogens with one attached hydrogen (secondary N) is 1. The SMILES string of the molecule is COCc1ccc(CC2CNC2)cc1. The van der Waals surface area contributed by atoms with Gasteiger partial charge in [-0.15, -0.1) is 0 Å². The van der Waals surface area contributed by atoms with E-state index in [1.807, 2.05) is 0 Å². The summed E-state index contributed by atoms with van der Waals surface area (Å²) in [6.45, 7) is 3.07. The van der Waals surface area contributed by atoms with Gasteiger partial charge in [-0.05, 0) is 36.6 Å². The number of hydrogen-bond donors (Lipinski definition) is 1. The molecule has 1 heterocycles. The number of rotatable bonds is 4. The van der Waals surface area contributed by atoms with E-state index in [4.69, 9.17) is 4.74 Å². The Kier molecular flexibility index (Phi) is 3.17. The second-order valence-corrected chi connectivity index (χ2v) is 3.98. The number of hydrogen-bond acceptors (Lipinski definition) is 2. The molecule has 0 aromatic heterocycles. The van der Waals surface area contributed by atoms with E-state index >= 15 is 0 Å². The predicted molar refractivity (Wildman–Crippen MR) is 57.2 cm³/mol. The van der Waals surface area contributed by atoms with Crippen LogP contribution < -0.4 is 5.32 Å². The molecule has 2 heteroatoms. The summed E-state index contributed by atoms with van der Waals surface area (Å²) in [5.41, 5.74) is 2.69. The molecule has 0 spiro atoms. The van der Waals surface area contributed by atoms with E-state index in [9.17, 15) is 0 Å². The van der Waals surface area contributed by atoms with Crippen LogP contribution in [0.1, 0.15) is 11.1 Å². The Bertz CT molecular complexity index is 277. The maximum absolute atomic E-state index is 5.07. The molecule has 0 aliphatic carbocycles. The molecule has 1 aliphatic rings. The Morgan fingerprint density at radius 1 is 1.21 bits per heavy atom. The Hall–Kier alpha value is -0.860. The lowest BCUT2D eigenvalue weighted by atomic mass is 9.94. The Balaban J connectivity index is 1.91. The smallest absolute Gasteiger partial charge is 0.0713 e. The van der Waals surface area contributed by atoms with E-state index in [0.717, 1.165) is 5.92 Å². The van der Waals surface area contributed by atoms with Crippen LogP contribution in [0.15, 0.2) is 24.3 Å². The van der Waals surface area contributed by atoms with Crippen molar-refractivity contribution in [2.24, 2.45) is 5.92 Å². The third kappa shape index (κ3) is 2.34. The van der Waals surface area contributed by atoms with Gasteiger partial charge in [-0.2, -0.15) is 0 Å². The monoisotopic (exact) mass is 191 g/mol. The fourth-order valence-electron chi connectivity index (χ4n) is 1.76. The van der Waals surface area contributed by atoms with Crippen LogP contribution in [0.25, 0.3) is 0 Å². The zero-order valence-electron chi connectivity index (χ0n) is 8.62. The lowest BCUT2D eigenvalue weighted by molar-refractivity contribution is 0.185. The maximum Gasteiger partial charge on any atom is 0.0713 e. The van der Waals surface area contributed by atoms with Gasteiger partial charge in [0.25, 0.3) is 0 Å². The highest BCUT2D eigenvalue weighted by Crippen LogP contribution is 2.13. The van der Waals surface area contributed by atoms with Gasteiger partial charge < -0.3 is 10.1 Å². The van der Waals surface area contributed by atoms with E-state index in [0.29, 0.717) is 6.61 Å². The van der Waals surface area contributed by atoms with E-state index < -0.39 is 0 Å². The van der Waals surface area contributed by atoms with Gasteiger partial charge in [0.15, 0.2) is 0 Å². The van der Waals surface area contributed by atoms with Gasteiger partial charge in [-0.1, -0.05) is 24.3 Å². The van der Waals surface area contributed by atoms with Crippen LogP contribution in [0.2, 0.25) is 0 Å². The number of ether oxygens (including phenoxy) is 1. The molecule has 1 saturated heterocycles. The second-order valence-electron chi connectivity index (χ2n) is 3.98. The molecular formula is C12H17NO. The van der Waals surface area contributed by atoms with E-state index in [1.54, 1.807) is 7.11 Å². The van der Waals surface area contributed by atoms with E-state index in [2.05, 4.69) is 29.6 Å². The lowest BCUT2D eigenvalue weighted by Gasteiger charge is -2.27. The molecule has 0 bridgehead atoms. The second kappa shape index (κ2) is 4.58. The molecule has 2 rings (SSSR count). The minimum Gasteiger partial charge on any atom is -0.380 e. The fraction of sp³-hybridized carbons (Fsp3) is 0.500. The molecule has 0 radical (unpaired) electrons. The third-order valence-corrected chi connectivity index (χ3v) is 2.72. The van der Waals surface area contributed by atoms with Gasteiger partial charge in [0.1, 0.15) is 0 Å². The van der Waals surface area contributed by atoms with Crippen LogP contribution in [-0.4, -0.2) is 20.2 Å². The van der Waals surface area contributed by atoms with Gasteiger partial charge in [0, 0.05) is 7.11 Å². The van der Waals surface area contributed by atoms with Crippen molar-refractivity contribution >= 4 is 0 Å². The molecule has 1 aliphatic heterocycles. The summed E-state index contributed by atoms with van der Waals surface area (Å²) < 4.78 is 5.07. The van der Waals surface area contributed by atoms with Crippen molar-refractivity contribution in [1.29, 1.82) is 0 Å². The lowest BCUT2D eigenvalue weighted by Crippen LogP contribution is -2.43. The van der Waals surface area contributed by atoms with Crippen LogP contribution in [0.4, 0.5) is 0 Å². The largest absolute Gasteiger partial charge is 0.380 e. The molecule has 14 heavy (non-hydrogen) atoms. The summed E-state index contributed by atoms with van der Waals surface area (Å²) in [7, 11) is 1.73. The van der Waals surface area contributed by atoms with Gasteiger partial charge in [-0.25, -0.2) is 0 Å². The zero-order valence-corrected chi connectivity index (χ0v) is 8.62. The molecule has 0 atom stereocenters. The first-order valence-corrected chi connectivity index (χ1v) is 5.16. The summed E-state index contributed by atoms with van der Waals surface area (Å²) in [4.78, 5) is 0. The first kappa shape index (κ1) is 9.69. The highest BCUT2D eigenvalue weighted by atomic mass is 16.5. The summed E-state index contributed by atoms with van der Waals surface area (Å²) in [6, 6.07) is 8.75. The molecule has 1 aromatic carbocycles. The minimum absolute atomic E-state index is 0.714. The Morgan fingerprint density at radius 2 is 1.86 bits per heavy atom. The molecule has 0 amide bonds. The van der Waals surface area contributed by atoms with E-state index in [1.165, 1.54) is 30.6 Å². The van der Waals surface area contributed by atoms with E-state index in [-0.39, 0.29) is 0 Å². The van der Waals surface area contributed by atoms with Crippen LogP contribution in [0, 0.1) is 5.92 Å². The van der Waals surface area contributed by atoms with Crippen molar-refractivity contribution in [2.75, 3.05) is 20.2 Å². The minimum atomic E-state index is 0.714. The quantitative estimate of drug-likeness (QED) is 0.780. The zero-order chi connectivity index (χ0) is 9.80. The highest BCUT2D eigenvalue weighted by Gasteiger charge is 2.16.